The first-order valence-electron chi connectivity index (χ1n) is 6.59. The average molecular weight is 297 g/mol. The van der Waals surface area contributed by atoms with Crippen molar-refractivity contribution < 1.29 is 9.59 Å². The van der Waals surface area contributed by atoms with Crippen molar-refractivity contribution >= 4 is 23.3 Å². The molecule has 0 aromatic carbocycles. The zero-order valence-electron chi connectivity index (χ0n) is 12.0. The van der Waals surface area contributed by atoms with Crippen molar-refractivity contribution in [3.8, 4) is 0 Å². The fourth-order valence-electron chi connectivity index (χ4n) is 1.60. The second kappa shape index (κ2) is 7.63. The minimum atomic E-state index is -0.377. The van der Waals surface area contributed by atoms with Gasteiger partial charge in [-0.1, -0.05) is 6.07 Å². The van der Waals surface area contributed by atoms with Crippen LogP contribution in [-0.2, 0) is 4.79 Å². The number of rotatable bonds is 5. The second-order valence-corrected chi connectivity index (χ2v) is 4.47. The van der Waals surface area contributed by atoms with Crippen molar-refractivity contribution in [1.82, 2.24) is 15.4 Å². The third-order valence-corrected chi connectivity index (χ3v) is 2.62. The van der Waals surface area contributed by atoms with Crippen LogP contribution in [0.5, 0.6) is 0 Å². The molecule has 2 heterocycles. The predicted molar refractivity (Wildman–Crippen MR) is 82.3 cm³/mol. The van der Waals surface area contributed by atoms with Gasteiger partial charge in [0.05, 0.1) is 12.0 Å². The van der Waals surface area contributed by atoms with Crippen molar-refractivity contribution in [1.29, 1.82) is 0 Å². The standard InChI is InChI=1S/C15H15N5O2/c1-11(9-14(21)18-13-6-2-3-8-17-13)19-20-15(22)12-5-4-7-16-10-12/h2-8,10H,9H2,1H3,(H,20,22)(H,17,18,21)/b19-11+. The maximum Gasteiger partial charge on any atom is 0.272 e. The van der Waals surface area contributed by atoms with Crippen LogP contribution in [-0.4, -0.2) is 27.5 Å². The van der Waals surface area contributed by atoms with E-state index in [1.807, 2.05) is 0 Å². The first kappa shape index (κ1) is 15.3. The monoisotopic (exact) mass is 297 g/mol. The van der Waals surface area contributed by atoms with Gasteiger partial charge in [-0.25, -0.2) is 10.4 Å². The SMILES string of the molecule is C/C(CC(=O)Nc1ccccn1)=N\NC(=O)c1cccnc1. The lowest BCUT2D eigenvalue weighted by Crippen LogP contribution is -2.21. The van der Waals surface area contributed by atoms with E-state index in [0.29, 0.717) is 17.1 Å². The van der Waals surface area contributed by atoms with Gasteiger partial charge in [-0.05, 0) is 31.2 Å². The van der Waals surface area contributed by atoms with Crippen molar-refractivity contribution in [2.45, 2.75) is 13.3 Å². The third-order valence-electron chi connectivity index (χ3n) is 2.62. The fraction of sp³-hybridized carbons (Fsp3) is 0.133. The number of nitrogens with zero attached hydrogens (tertiary/aromatic N) is 3. The van der Waals surface area contributed by atoms with Gasteiger partial charge in [0.15, 0.2) is 0 Å². The number of hydrogen-bond acceptors (Lipinski definition) is 5. The molecule has 2 rings (SSSR count). The predicted octanol–water partition coefficient (Wildman–Crippen LogP) is 1.61. The van der Waals surface area contributed by atoms with E-state index >= 15 is 0 Å². The first-order chi connectivity index (χ1) is 10.6. The molecule has 2 amide bonds. The molecule has 7 heteroatoms. The number of anilines is 1. The lowest BCUT2D eigenvalue weighted by Gasteiger charge is -2.04. The number of carbonyl (C=O) groups excluding carboxylic acids is 2. The number of carbonyl (C=O) groups is 2. The number of aromatic nitrogens is 2. The van der Waals surface area contributed by atoms with Crippen LogP contribution in [0.15, 0.2) is 54.0 Å². The molecular formula is C15H15N5O2. The lowest BCUT2D eigenvalue weighted by atomic mass is 10.3. The molecule has 0 atom stereocenters. The summed E-state index contributed by atoms with van der Waals surface area (Å²) in [6, 6.07) is 8.51. The van der Waals surface area contributed by atoms with Gasteiger partial charge in [-0.2, -0.15) is 5.10 Å². The Kier molecular flexibility index (Phi) is 5.31. The highest BCUT2D eigenvalue weighted by Gasteiger charge is 2.07. The number of pyridine rings is 2. The van der Waals surface area contributed by atoms with Gasteiger partial charge in [-0.15, -0.1) is 0 Å². The van der Waals surface area contributed by atoms with Crippen LogP contribution >= 0.6 is 0 Å². The van der Waals surface area contributed by atoms with Crippen LogP contribution in [0.25, 0.3) is 0 Å². The Morgan fingerprint density at radius 2 is 2.05 bits per heavy atom. The van der Waals surface area contributed by atoms with E-state index in [9.17, 15) is 9.59 Å². The summed E-state index contributed by atoms with van der Waals surface area (Å²) in [6.07, 6.45) is 4.66. The Hall–Kier alpha value is -3.09. The lowest BCUT2D eigenvalue weighted by molar-refractivity contribution is -0.115. The summed E-state index contributed by atoms with van der Waals surface area (Å²) in [7, 11) is 0. The van der Waals surface area contributed by atoms with Gasteiger partial charge in [0, 0.05) is 24.3 Å². The van der Waals surface area contributed by atoms with Crippen molar-refractivity contribution in [3.05, 3.63) is 54.5 Å². The molecule has 0 aliphatic carbocycles. The molecule has 112 valence electrons. The Morgan fingerprint density at radius 3 is 2.73 bits per heavy atom. The summed E-state index contributed by atoms with van der Waals surface area (Å²) in [6.45, 7) is 1.65. The zero-order valence-corrected chi connectivity index (χ0v) is 12.0. The Labute approximate surface area is 127 Å². The van der Waals surface area contributed by atoms with Crippen LogP contribution < -0.4 is 10.7 Å². The maximum absolute atomic E-state index is 11.8. The molecule has 7 nitrogen and oxygen atoms in total. The highest BCUT2D eigenvalue weighted by Crippen LogP contribution is 2.01. The van der Waals surface area contributed by atoms with Gasteiger partial charge in [0.2, 0.25) is 5.91 Å². The summed E-state index contributed by atoms with van der Waals surface area (Å²) in [5.74, 6) is -0.159. The minimum Gasteiger partial charge on any atom is -0.310 e. The van der Waals surface area contributed by atoms with E-state index in [-0.39, 0.29) is 18.2 Å². The molecule has 2 N–H and O–H groups in total. The molecule has 0 saturated carbocycles. The van der Waals surface area contributed by atoms with Gasteiger partial charge in [0.1, 0.15) is 5.82 Å². The van der Waals surface area contributed by atoms with Crippen LogP contribution in [0, 0.1) is 0 Å². The number of nitrogens with one attached hydrogen (secondary N) is 2. The smallest absolute Gasteiger partial charge is 0.272 e. The largest absolute Gasteiger partial charge is 0.310 e. The van der Waals surface area contributed by atoms with Crippen LogP contribution in [0.2, 0.25) is 0 Å². The molecule has 2 aromatic heterocycles. The van der Waals surface area contributed by atoms with Crippen LogP contribution in [0.1, 0.15) is 23.7 Å². The van der Waals surface area contributed by atoms with E-state index in [1.54, 1.807) is 49.6 Å². The number of hydrazone groups is 1. The number of hydrogen-bond donors (Lipinski definition) is 2. The van der Waals surface area contributed by atoms with Crippen LogP contribution in [0.4, 0.5) is 5.82 Å². The van der Waals surface area contributed by atoms with E-state index in [4.69, 9.17) is 0 Å². The molecular weight excluding hydrogens is 282 g/mol. The molecule has 0 fully saturated rings. The summed E-state index contributed by atoms with van der Waals surface area (Å²) in [5, 5.41) is 6.53. The summed E-state index contributed by atoms with van der Waals surface area (Å²) in [5.41, 5.74) is 3.26. The molecule has 0 radical (unpaired) electrons. The molecule has 22 heavy (non-hydrogen) atoms. The van der Waals surface area contributed by atoms with E-state index in [2.05, 4.69) is 25.8 Å². The molecule has 0 bridgehead atoms. The molecule has 0 aliphatic rings. The Morgan fingerprint density at radius 1 is 1.18 bits per heavy atom. The van der Waals surface area contributed by atoms with Crippen molar-refractivity contribution in [3.63, 3.8) is 0 Å². The number of amides is 2. The topological polar surface area (TPSA) is 96.3 Å². The quantitative estimate of drug-likeness (QED) is 0.647. The van der Waals surface area contributed by atoms with E-state index in [0.717, 1.165) is 0 Å². The molecule has 0 spiro atoms. The van der Waals surface area contributed by atoms with Crippen LogP contribution in [0.3, 0.4) is 0 Å². The average Bonchev–Trinajstić information content (AvgIpc) is 2.54. The van der Waals surface area contributed by atoms with Gasteiger partial charge >= 0.3 is 0 Å². The normalized spacial score (nSPS) is 10.9. The Bertz CT molecular complexity index is 671. The van der Waals surface area contributed by atoms with E-state index < -0.39 is 0 Å². The summed E-state index contributed by atoms with van der Waals surface area (Å²) < 4.78 is 0. The highest BCUT2D eigenvalue weighted by atomic mass is 16.2. The second-order valence-electron chi connectivity index (χ2n) is 4.47. The van der Waals surface area contributed by atoms with E-state index in [1.165, 1.54) is 6.20 Å². The fourth-order valence-corrected chi connectivity index (χ4v) is 1.60. The zero-order chi connectivity index (χ0) is 15.8. The minimum absolute atomic E-state index is 0.0594. The Balaban J connectivity index is 1.85. The van der Waals surface area contributed by atoms with Crippen molar-refractivity contribution in [2.75, 3.05) is 5.32 Å². The van der Waals surface area contributed by atoms with Gasteiger partial charge < -0.3 is 5.32 Å². The van der Waals surface area contributed by atoms with Gasteiger partial charge in [-0.3, -0.25) is 14.6 Å². The molecule has 0 aliphatic heterocycles. The van der Waals surface area contributed by atoms with Crippen molar-refractivity contribution in [2.24, 2.45) is 5.10 Å². The summed E-state index contributed by atoms with van der Waals surface area (Å²) in [4.78, 5) is 31.4. The molecule has 2 aromatic rings. The third kappa shape index (κ3) is 4.78. The summed E-state index contributed by atoms with van der Waals surface area (Å²) >= 11 is 0. The first-order valence-corrected chi connectivity index (χ1v) is 6.59. The molecule has 0 unspecified atom stereocenters. The highest BCUT2D eigenvalue weighted by molar-refractivity contribution is 6.05. The maximum atomic E-state index is 11.8. The van der Waals surface area contributed by atoms with Gasteiger partial charge in [0.25, 0.3) is 5.91 Å². The molecule has 0 saturated heterocycles.